The minimum atomic E-state index is -0.444. The molecule has 0 aliphatic carbocycles. The normalized spacial score (nSPS) is 16.4. The van der Waals surface area contributed by atoms with Crippen molar-refractivity contribution < 1.29 is 18.9 Å². The Morgan fingerprint density at radius 3 is 2.47 bits per heavy atom. The van der Waals surface area contributed by atoms with Crippen LogP contribution in [0.3, 0.4) is 0 Å². The molecule has 0 fully saturated rings. The maximum Gasteiger partial charge on any atom is 0.231 e. The zero-order chi connectivity index (χ0) is 20.5. The van der Waals surface area contributed by atoms with Crippen LogP contribution >= 0.6 is 0 Å². The van der Waals surface area contributed by atoms with Gasteiger partial charge in [-0.2, -0.15) is 5.26 Å². The fraction of sp³-hybridized carbons (Fsp3) is 0.125. The van der Waals surface area contributed by atoms with Crippen molar-refractivity contribution in [2.24, 2.45) is 5.73 Å². The largest absolute Gasteiger partial charge is 0.489 e. The summed E-state index contributed by atoms with van der Waals surface area (Å²) in [5.41, 5.74) is 9.11. The number of benzene rings is 3. The lowest BCUT2D eigenvalue weighted by Gasteiger charge is -2.27. The fourth-order valence-electron chi connectivity index (χ4n) is 3.75. The van der Waals surface area contributed by atoms with Gasteiger partial charge in [-0.25, -0.2) is 0 Å². The minimum Gasteiger partial charge on any atom is -0.489 e. The first-order valence-electron chi connectivity index (χ1n) is 9.51. The van der Waals surface area contributed by atoms with Crippen molar-refractivity contribution >= 4 is 0 Å². The van der Waals surface area contributed by atoms with Crippen LogP contribution in [0.4, 0.5) is 0 Å². The SMILES string of the molecule is N#CC1=C(N)Oc2cc3c(cc2[C@H]1c1ccccc1OCc1ccccc1)OCO3. The monoisotopic (exact) mass is 398 g/mol. The standard InChI is InChI=1S/C24H18N2O4/c25-12-18-23(17-10-21-22(29-14-28-21)11-20(17)30-24(18)26)16-8-4-5-9-19(16)27-13-15-6-2-1-3-7-15/h1-11,23H,13-14,26H2/t23-/m1/s1. The molecule has 6 nitrogen and oxygen atoms in total. The number of hydrogen-bond donors (Lipinski definition) is 1. The van der Waals surface area contributed by atoms with Crippen LogP contribution in [-0.2, 0) is 6.61 Å². The Labute approximate surface area is 173 Å². The van der Waals surface area contributed by atoms with Gasteiger partial charge in [-0.3, -0.25) is 0 Å². The van der Waals surface area contributed by atoms with Gasteiger partial charge in [0.15, 0.2) is 11.5 Å². The van der Waals surface area contributed by atoms with Gasteiger partial charge in [0, 0.05) is 17.2 Å². The van der Waals surface area contributed by atoms with E-state index in [2.05, 4.69) is 6.07 Å². The van der Waals surface area contributed by atoms with Crippen molar-refractivity contribution in [3.05, 3.63) is 94.9 Å². The van der Waals surface area contributed by atoms with Crippen LogP contribution in [0.25, 0.3) is 0 Å². The topological polar surface area (TPSA) is 86.7 Å². The molecule has 2 aliphatic heterocycles. The smallest absolute Gasteiger partial charge is 0.231 e. The van der Waals surface area contributed by atoms with Crippen molar-refractivity contribution in [2.75, 3.05) is 6.79 Å². The summed E-state index contributed by atoms with van der Waals surface area (Å²) >= 11 is 0. The zero-order valence-corrected chi connectivity index (χ0v) is 16.0. The molecule has 0 unspecified atom stereocenters. The first-order chi connectivity index (χ1) is 14.7. The molecule has 0 amide bonds. The zero-order valence-electron chi connectivity index (χ0n) is 16.0. The lowest BCUT2D eigenvalue weighted by Crippen LogP contribution is -2.21. The van der Waals surface area contributed by atoms with Gasteiger partial charge in [0.05, 0.1) is 5.92 Å². The lowest BCUT2D eigenvalue weighted by molar-refractivity contribution is 0.174. The average molecular weight is 398 g/mol. The van der Waals surface area contributed by atoms with Crippen molar-refractivity contribution in [1.82, 2.24) is 0 Å². The molecule has 0 spiro atoms. The van der Waals surface area contributed by atoms with Crippen LogP contribution in [0.5, 0.6) is 23.0 Å². The van der Waals surface area contributed by atoms with Gasteiger partial charge in [-0.05, 0) is 17.7 Å². The number of allylic oxidation sites excluding steroid dienone is 1. The van der Waals surface area contributed by atoms with Crippen molar-refractivity contribution in [2.45, 2.75) is 12.5 Å². The van der Waals surface area contributed by atoms with Gasteiger partial charge >= 0.3 is 0 Å². The second kappa shape index (κ2) is 7.37. The minimum absolute atomic E-state index is 0.0757. The van der Waals surface area contributed by atoms with Crippen molar-refractivity contribution in [3.63, 3.8) is 0 Å². The summed E-state index contributed by atoms with van der Waals surface area (Å²) in [5.74, 6) is 2.06. The summed E-state index contributed by atoms with van der Waals surface area (Å²) in [6.07, 6.45) is 0. The Kier molecular flexibility index (Phi) is 4.41. The second-order valence-electron chi connectivity index (χ2n) is 6.98. The molecule has 0 bridgehead atoms. The Morgan fingerprint density at radius 1 is 0.933 bits per heavy atom. The second-order valence-corrected chi connectivity index (χ2v) is 6.98. The van der Waals surface area contributed by atoms with E-state index in [1.165, 1.54) is 0 Å². The molecule has 2 aliphatic rings. The number of ether oxygens (including phenoxy) is 4. The summed E-state index contributed by atoms with van der Waals surface area (Å²) in [4.78, 5) is 0. The molecule has 0 saturated carbocycles. The molecule has 5 rings (SSSR count). The third kappa shape index (κ3) is 3.07. The van der Waals surface area contributed by atoms with E-state index in [4.69, 9.17) is 24.7 Å². The number of hydrogen-bond acceptors (Lipinski definition) is 6. The van der Waals surface area contributed by atoms with E-state index in [0.717, 1.165) is 16.7 Å². The third-order valence-corrected chi connectivity index (χ3v) is 5.18. The fourth-order valence-corrected chi connectivity index (χ4v) is 3.75. The highest BCUT2D eigenvalue weighted by Gasteiger charge is 2.34. The number of rotatable bonds is 4. The molecule has 1 atom stereocenters. The van der Waals surface area contributed by atoms with E-state index >= 15 is 0 Å². The van der Waals surface area contributed by atoms with Gasteiger partial charge in [0.25, 0.3) is 0 Å². The maximum atomic E-state index is 9.85. The van der Waals surface area contributed by atoms with Crippen LogP contribution in [0, 0.1) is 11.3 Å². The van der Waals surface area contributed by atoms with Crippen LogP contribution in [0.15, 0.2) is 78.2 Å². The van der Waals surface area contributed by atoms with Crippen molar-refractivity contribution in [1.29, 1.82) is 5.26 Å². The predicted molar refractivity (Wildman–Crippen MR) is 109 cm³/mol. The van der Waals surface area contributed by atoms with Gasteiger partial charge in [0.2, 0.25) is 12.7 Å². The lowest BCUT2D eigenvalue weighted by atomic mass is 9.83. The number of nitrogens with two attached hydrogens (primary N) is 1. The summed E-state index contributed by atoms with van der Waals surface area (Å²) in [6.45, 7) is 0.559. The first kappa shape index (κ1) is 18.0. The molecule has 0 radical (unpaired) electrons. The number of nitrogens with zero attached hydrogens (tertiary/aromatic N) is 1. The quantitative estimate of drug-likeness (QED) is 0.708. The highest BCUT2D eigenvalue weighted by molar-refractivity contribution is 5.63. The molecule has 148 valence electrons. The maximum absolute atomic E-state index is 9.85. The Balaban J connectivity index is 1.59. The van der Waals surface area contributed by atoms with Crippen LogP contribution in [0.2, 0.25) is 0 Å². The van der Waals surface area contributed by atoms with Gasteiger partial charge < -0.3 is 24.7 Å². The van der Waals surface area contributed by atoms with Crippen molar-refractivity contribution in [3.8, 4) is 29.1 Å². The molecule has 3 aromatic carbocycles. The third-order valence-electron chi connectivity index (χ3n) is 5.18. The molecule has 0 aromatic heterocycles. The predicted octanol–water partition coefficient (Wildman–Crippen LogP) is 4.21. The summed E-state index contributed by atoms with van der Waals surface area (Å²) in [6, 6.07) is 23.4. The van der Waals surface area contributed by atoms with E-state index in [-0.39, 0.29) is 12.7 Å². The molecule has 3 aromatic rings. The molecule has 2 N–H and O–H groups in total. The van der Waals surface area contributed by atoms with Crippen LogP contribution < -0.4 is 24.7 Å². The van der Waals surface area contributed by atoms with E-state index in [1.54, 1.807) is 6.07 Å². The van der Waals surface area contributed by atoms with E-state index < -0.39 is 5.92 Å². The molecule has 2 heterocycles. The highest BCUT2D eigenvalue weighted by Crippen LogP contribution is 2.49. The molecular formula is C24H18N2O4. The van der Waals surface area contributed by atoms with Crippen LogP contribution in [0.1, 0.15) is 22.6 Å². The highest BCUT2D eigenvalue weighted by atomic mass is 16.7. The van der Waals surface area contributed by atoms with E-state index in [0.29, 0.717) is 35.2 Å². The first-order valence-corrected chi connectivity index (χ1v) is 9.51. The summed E-state index contributed by atoms with van der Waals surface area (Å²) < 4.78 is 22.9. The van der Waals surface area contributed by atoms with E-state index in [9.17, 15) is 5.26 Å². The van der Waals surface area contributed by atoms with Gasteiger partial charge in [-0.1, -0.05) is 48.5 Å². The van der Waals surface area contributed by atoms with Gasteiger partial charge in [0.1, 0.15) is 29.7 Å². The summed E-state index contributed by atoms with van der Waals surface area (Å²) in [7, 11) is 0. The number of nitriles is 1. The Morgan fingerprint density at radius 2 is 1.67 bits per heavy atom. The molecule has 30 heavy (non-hydrogen) atoms. The average Bonchev–Trinajstić information content (AvgIpc) is 3.24. The molecular weight excluding hydrogens is 380 g/mol. The summed E-state index contributed by atoms with van der Waals surface area (Å²) in [5, 5.41) is 9.85. The van der Waals surface area contributed by atoms with Gasteiger partial charge in [-0.15, -0.1) is 0 Å². The molecule has 6 heteroatoms. The molecule has 0 saturated heterocycles. The number of fused-ring (bicyclic) bond motifs is 2. The Bertz CT molecular complexity index is 1180. The van der Waals surface area contributed by atoms with Crippen LogP contribution in [-0.4, -0.2) is 6.79 Å². The number of para-hydroxylation sites is 1. The Hall–Kier alpha value is -4.11. The van der Waals surface area contributed by atoms with E-state index in [1.807, 2.05) is 60.7 Å².